The van der Waals surface area contributed by atoms with E-state index in [2.05, 4.69) is 45.3 Å². The van der Waals surface area contributed by atoms with Crippen LogP contribution >= 0.6 is 0 Å². The molecule has 0 amide bonds. The molecule has 4 nitrogen and oxygen atoms in total. The molecule has 0 bridgehead atoms. The first kappa shape index (κ1) is 36.4. The lowest BCUT2D eigenvalue weighted by molar-refractivity contribution is -0.696. The van der Waals surface area contributed by atoms with Gasteiger partial charge >= 0.3 is 0 Å². The first-order valence-corrected chi connectivity index (χ1v) is 17.8. The van der Waals surface area contributed by atoms with E-state index in [1.807, 2.05) is 25.0 Å². The third-order valence-corrected chi connectivity index (χ3v) is 8.20. The van der Waals surface area contributed by atoms with Crippen LogP contribution in [0.3, 0.4) is 0 Å². The topological polar surface area (TPSA) is 37.5 Å². The predicted molar refractivity (Wildman–Crippen MR) is 175 cm³/mol. The molecule has 0 saturated carbocycles. The van der Waals surface area contributed by atoms with Gasteiger partial charge in [-0.1, -0.05) is 162 Å². The van der Waals surface area contributed by atoms with Crippen LogP contribution in [0.25, 0.3) is 0 Å². The molecule has 0 atom stereocenters. The highest BCUT2D eigenvalue weighted by Gasteiger charge is 1.98. The number of unbranched alkanes of at least 4 members (excludes halogenated alkanes) is 24. The van der Waals surface area contributed by atoms with Gasteiger partial charge in [0.1, 0.15) is 12.4 Å². The molecular formula is C36H69N4+. The maximum Gasteiger partial charge on any atom is 0.241 e. The van der Waals surface area contributed by atoms with Crippen molar-refractivity contribution in [1.29, 1.82) is 0 Å². The Hall–Kier alpha value is -1.58. The van der Waals surface area contributed by atoms with E-state index in [-0.39, 0.29) is 0 Å². The molecule has 0 aromatic carbocycles. The average Bonchev–Trinajstić information content (AvgIpc) is 3.69. The molecule has 0 radical (unpaired) electrons. The van der Waals surface area contributed by atoms with E-state index < -0.39 is 0 Å². The Labute approximate surface area is 250 Å². The molecule has 232 valence electrons. The highest BCUT2D eigenvalue weighted by Crippen LogP contribution is 2.13. The van der Waals surface area contributed by atoms with Crippen LogP contribution in [0.5, 0.6) is 0 Å². The Balaban J connectivity index is 0.000000402. The zero-order valence-corrected chi connectivity index (χ0v) is 27.1. The van der Waals surface area contributed by atoms with Gasteiger partial charge in [-0.05, 0) is 19.3 Å². The van der Waals surface area contributed by atoms with Crippen molar-refractivity contribution >= 4 is 0 Å². The Kier molecular flexibility index (Phi) is 27.7. The number of hydrogen-bond donors (Lipinski definition) is 1. The van der Waals surface area contributed by atoms with Gasteiger partial charge < -0.3 is 4.57 Å². The molecule has 0 aliphatic heterocycles. The maximum absolute atomic E-state index is 4.06. The standard InChI is InChI=1S/C19H36N2.C17H32N2/c1-2-3-4-5-6-7-8-9-10-11-12-13-14-15-17-21-18-16-20-19-21;1-2-3-4-5-6-7-8-9-10-11-12-13-15-19-16-14-18-17-19/h16,18-19H,2-15,17H2,1H3;14,16-17H,2-13,15H2,1H3/p+1. The monoisotopic (exact) mass is 558 g/mol. The molecule has 0 fully saturated rings. The minimum Gasteiger partial charge on any atom is -0.337 e. The van der Waals surface area contributed by atoms with Gasteiger partial charge in [0.2, 0.25) is 6.33 Å². The van der Waals surface area contributed by atoms with Crippen LogP contribution in [-0.4, -0.2) is 14.5 Å². The van der Waals surface area contributed by atoms with E-state index in [1.54, 1.807) is 0 Å². The van der Waals surface area contributed by atoms with Crippen molar-refractivity contribution < 1.29 is 4.57 Å². The molecular weight excluding hydrogens is 488 g/mol. The summed E-state index contributed by atoms with van der Waals surface area (Å²) in [6.07, 6.45) is 49.1. The van der Waals surface area contributed by atoms with Gasteiger partial charge in [-0.25, -0.2) is 9.55 Å². The average molecular weight is 558 g/mol. The fourth-order valence-electron chi connectivity index (χ4n) is 5.50. The second-order valence-electron chi connectivity index (χ2n) is 12.1. The van der Waals surface area contributed by atoms with Crippen LogP contribution < -0.4 is 4.57 Å². The fourth-order valence-corrected chi connectivity index (χ4v) is 5.50. The van der Waals surface area contributed by atoms with Crippen molar-refractivity contribution in [1.82, 2.24) is 14.5 Å². The minimum atomic E-state index is 1.14. The van der Waals surface area contributed by atoms with Gasteiger partial charge in [-0.2, -0.15) is 0 Å². The highest BCUT2D eigenvalue weighted by molar-refractivity contribution is 4.73. The maximum atomic E-state index is 4.06. The molecule has 0 spiro atoms. The number of H-pyrrole nitrogens is 1. The molecule has 0 unspecified atom stereocenters. The molecule has 2 aromatic heterocycles. The molecule has 2 aromatic rings. The zero-order valence-electron chi connectivity index (χ0n) is 27.1. The van der Waals surface area contributed by atoms with Gasteiger partial charge in [0, 0.05) is 18.9 Å². The van der Waals surface area contributed by atoms with E-state index in [0.29, 0.717) is 0 Å². The van der Waals surface area contributed by atoms with E-state index in [9.17, 15) is 0 Å². The molecule has 2 heterocycles. The number of aryl methyl sites for hydroxylation is 2. The number of nitrogens with zero attached hydrogens (tertiary/aromatic N) is 3. The Morgan fingerprint density at radius 3 is 1.35 bits per heavy atom. The van der Waals surface area contributed by atoms with Gasteiger partial charge in [0.25, 0.3) is 0 Å². The quantitative estimate of drug-likeness (QED) is 0.0819. The Bertz CT molecular complexity index is 680. The lowest BCUT2D eigenvalue weighted by atomic mass is 10.0. The van der Waals surface area contributed by atoms with Crippen molar-refractivity contribution in [2.75, 3.05) is 0 Å². The second-order valence-corrected chi connectivity index (χ2v) is 12.1. The first-order valence-electron chi connectivity index (χ1n) is 17.8. The predicted octanol–water partition coefficient (Wildman–Crippen LogP) is 11.4. The van der Waals surface area contributed by atoms with Crippen molar-refractivity contribution in [3.8, 4) is 0 Å². The van der Waals surface area contributed by atoms with Crippen LogP contribution in [0.1, 0.15) is 181 Å². The van der Waals surface area contributed by atoms with Gasteiger partial charge in [0.05, 0.1) is 12.9 Å². The van der Waals surface area contributed by atoms with E-state index in [0.717, 1.165) is 6.54 Å². The molecule has 0 aliphatic carbocycles. The lowest BCUT2D eigenvalue weighted by Gasteiger charge is -2.03. The molecule has 0 aliphatic rings. The number of nitrogens with one attached hydrogen (secondary N) is 1. The zero-order chi connectivity index (χ0) is 28.6. The minimum absolute atomic E-state index is 1.14. The molecule has 4 heteroatoms. The van der Waals surface area contributed by atoms with E-state index >= 15 is 0 Å². The summed E-state index contributed by atoms with van der Waals surface area (Å²) in [5.41, 5.74) is 0. The van der Waals surface area contributed by atoms with Crippen LogP contribution in [0, 0.1) is 0 Å². The number of aromatic nitrogens is 4. The summed E-state index contributed by atoms with van der Waals surface area (Å²) in [5.74, 6) is 0. The highest BCUT2D eigenvalue weighted by atomic mass is 15.0. The van der Waals surface area contributed by atoms with Crippen LogP contribution in [-0.2, 0) is 13.1 Å². The van der Waals surface area contributed by atoms with Crippen molar-refractivity contribution in [3.05, 3.63) is 37.4 Å². The van der Waals surface area contributed by atoms with Gasteiger partial charge in [-0.15, -0.1) is 0 Å². The second kappa shape index (κ2) is 30.4. The van der Waals surface area contributed by atoms with Gasteiger partial charge in [-0.3, -0.25) is 4.98 Å². The Morgan fingerprint density at radius 2 is 0.975 bits per heavy atom. The third-order valence-electron chi connectivity index (χ3n) is 8.20. The molecule has 40 heavy (non-hydrogen) atoms. The summed E-state index contributed by atoms with van der Waals surface area (Å²) < 4.78 is 4.41. The van der Waals surface area contributed by atoms with Crippen molar-refractivity contribution in [2.45, 2.75) is 194 Å². The smallest absolute Gasteiger partial charge is 0.241 e. The van der Waals surface area contributed by atoms with Crippen LogP contribution in [0.15, 0.2) is 37.4 Å². The number of rotatable bonds is 28. The molecule has 1 N–H and O–H groups in total. The first-order chi connectivity index (χ1) is 19.9. The summed E-state index contributed by atoms with van der Waals surface area (Å²) in [5, 5.41) is 0. The van der Waals surface area contributed by atoms with Crippen LogP contribution in [0.4, 0.5) is 0 Å². The van der Waals surface area contributed by atoms with Crippen LogP contribution in [0.2, 0.25) is 0 Å². The number of imidazole rings is 2. The fraction of sp³-hybridized carbons (Fsp3) is 0.833. The van der Waals surface area contributed by atoms with Gasteiger partial charge in [0.15, 0.2) is 0 Å². The largest absolute Gasteiger partial charge is 0.337 e. The summed E-state index contributed by atoms with van der Waals surface area (Å²) >= 11 is 0. The Morgan fingerprint density at radius 1 is 0.550 bits per heavy atom. The summed E-state index contributed by atoms with van der Waals surface area (Å²) in [6, 6.07) is 0. The third kappa shape index (κ3) is 25.4. The number of hydrogen-bond acceptors (Lipinski definition) is 1. The normalized spacial score (nSPS) is 11.1. The SMILES string of the molecule is CCCCCCCCCCCCCCCC[n+]1cc[nH]c1.CCCCCCCCCCCCCCn1ccnc1. The summed E-state index contributed by atoms with van der Waals surface area (Å²) in [4.78, 5) is 7.15. The summed E-state index contributed by atoms with van der Waals surface area (Å²) in [6.45, 7) is 6.88. The van der Waals surface area contributed by atoms with Crippen molar-refractivity contribution in [2.24, 2.45) is 0 Å². The number of aromatic amines is 1. The molecule has 2 rings (SSSR count). The lowest BCUT2D eigenvalue weighted by Crippen LogP contribution is -2.30. The van der Waals surface area contributed by atoms with E-state index in [1.165, 1.54) is 173 Å². The van der Waals surface area contributed by atoms with E-state index in [4.69, 9.17) is 0 Å². The van der Waals surface area contributed by atoms with Crippen molar-refractivity contribution in [3.63, 3.8) is 0 Å². The molecule has 0 saturated heterocycles. The summed E-state index contributed by atoms with van der Waals surface area (Å²) in [7, 11) is 0.